The molecule has 2 saturated carbocycles. The standard InChI is InChI=1S/C14H20O/c1-2-3-6-12-11-13(15)7-10-14(12)8-4-5-9-14/h1,12H,3-11H2. The van der Waals surface area contributed by atoms with Crippen LogP contribution < -0.4 is 0 Å². The smallest absolute Gasteiger partial charge is 0.133 e. The Bertz CT molecular complexity index is 278. The van der Waals surface area contributed by atoms with Crippen molar-refractivity contribution in [2.75, 3.05) is 0 Å². The third-order valence-electron chi connectivity index (χ3n) is 4.48. The van der Waals surface area contributed by atoms with Crippen LogP contribution in [0.15, 0.2) is 0 Å². The number of hydrogen-bond acceptors (Lipinski definition) is 1. The predicted octanol–water partition coefficient (Wildman–Crippen LogP) is 3.33. The number of terminal acetylenes is 1. The molecule has 0 heterocycles. The Labute approximate surface area is 92.6 Å². The molecule has 0 N–H and O–H groups in total. The molecule has 0 saturated heterocycles. The highest BCUT2D eigenvalue weighted by atomic mass is 16.1. The van der Waals surface area contributed by atoms with Gasteiger partial charge in [-0.15, -0.1) is 12.3 Å². The van der Waals surface area contributed by atoms with E-state index >= 15 is 0 Å². The Morgan fingerprint density at radius 1 is 1.33 bits per heavy atom. The molecule has 0 bridgehead atoms. The Balaban J connectivity index is 2.06. The van der Waals surface area contributed by atoms with Gasteiger partial charge in [0.2, 0.25) is 0 Å². The van der Waals surface area contributed by atoms with Gasteiger partial charge in [-0.2, -0.15) is 0 Å². The maximum atomic E-state index is 11.5. The van der Waals surface area contributed by atoms with Gasteiger partial charge in [0.15, 0.2) is 0 Å². The molecule has 0 amide bonds. The molecule has 2 aliphatic rings. The second-order valence-corrected chi connectivity index (χ2v) is 5.25. The fraction of sp³-hybridized carbons (Fsp3) is 0.786. The molecule has 0 aromatic carbocycles. The average Bonchev–Trinajstić information content (AvgIpc) is 2.70. The summed E-state index contributed by atoms with van der Waals surface area (Å²) < 4.78 is 0. The second kappa shape index (κ2) is 4.39. The number of hydrogen-bond donors (Lipinski definition) is 0. The SMILES string of the molecule is C#CCCC1CC(=O)CCC12CCCC2. The summed E-state index contributed by atoms with van der Waals surface area (Å²) in [7, 11) is 0. The maximum absolute atomic E-state index is 11.5. The molecule has 0 aromatic heterocycles. The second-order valence-electron chi connectivity index (χ2n) is 5.25. The zero-order valence-electron chi connectivity index (χ0n) is 9.43. The van der Waals surface area contributed by atoms with Crippen molar-refractivity contribution >= 4 is 5.78 Å². The molecule has 1 atom stereocenters. The van der Waals surface area contributed by atoms with E-state index in [0.29, 0.717) is 17.1 Å². The summed E-state index contributed by atoms with van der Waals surface area (Å²) >= 11 is 0. The molecule has 2 rings (SSSR count). The van der Waals surface area contributed by atoms with Crippen molar-refractivity contribution in [3.63, 3.8) is 0 Å². The lowest BCUT2D eigenvalue weighted by molar-refractivity contribution is -0.125. The van der Waals surface area contributed by atoms with Gasteiger partial charge in [0, 0.05) is 19.3 Å². The van der Waals surface area contributed by atoms with Gasteiger partial charge >= 0.3 is 0 Å². The first kappa shape index (κ1) is 10.7. The highest BCUT2D eigenvalue weighted by Crippen LogP contribution is 2.53. The summed E-state index contributed by atoms with van der Waals surface area (Å²) in [5.41, 5.74) is 0.505. The van der Waals surface area contributed by atoms with Crippen LogP contribution in [0.2, 0.25) is 0 Å². The minimum atomic E-state index is 0.467. The van der Waals surface area contributed by atoms with Crippen LogP contribution in [0.3, 0.4) is 0 Å². The van der Waals surface area contributed by atoms with Crippen molar-refractivity contribution in [3.05, 3.63) is 0 Å². The Morgan fingerprint density at radius 3 is 2.73 bits per heavy atom. The van der Waals surface area contributed by atoms with Crippen molar-refractivity contribution in [2.45, 2.75) is 57.8 Å². The van der Waals surface area contributed by atoms with E-state index in [4.69, 9.17) is 6.42 Å². The summed E-state index contributed by atoms with van der Waals surface area (Å²) in [4.78, 5) is 11.5. The third-order valence-corrected chi connectivity index (χ3v) is 4.48. The normalized spacial score (nSPS) is 29.3. The first-order valence-electron chi connectivity index (χ1n) is 6.22. The number of rotatable bonds is 2. The third kappa shape index (κ3) is 2.09. The summed E-state index contributed by atoms with van der Waals surface area (Å²) in [6.45, 7) is 0. The lowest BCUT2D eigenvalue weighted by atomic mass is 9.63. The van der Waals surface area contributed by atoms with E-state index in [-0.39, 0.29) is 0 Å². The minimum absolute atomic E-state index is 0.467. The number of carbonyl (C=O) groups excluding carboxylic acids is 1. The van der Waals surface area contributed by atoms with Crippen LogP contribution in [0, 0.1) is 23.7 Å². The van der Waals surface area contributed by atoms with Gasteiger partial charge in [0.1, 0.15) is 5.78 Å². The van der Waals surface area contributed by atoms with Crippen molar-refractivity contribution in [1.82, 2.24) is 0 Å². The molecule has 1 nitrogen and oxygen atoms in total. The number of carbonyl (C=O) groups is 1. The molecule has 1 spiro atoms. The van der Waals surface area contributed by atoms with E-state index in [2.05, 4.69) is 5.92 Å². The van der Waals surface area contributed by atoms with E-state index in [9.17, 15) is 4.79 Å². The van der Waals surface area contributed by atoms with Crippen LogP contribution in [0.4, 0.5) is 0 Å². The lowest BCUT2D eigenvalue weighted by Gasteiger charge is -2.41. The zero-order chi connectivity index (χ0) is 10.7. The van der Waals surface area contributed by atoms with E-state index in [1.54, 1.807) is 0 Å². The van der Waals surface area contributed by atoms with Gasteiger partial charge in [0.25, 0.3) is 0 Å². The van der Waals surface area contributed by atoms with Crippen molar-refractivity contribution in [2.24, 2.45) is 11.3 Å². The van der Waals surface area contributed by atoms with E-state index in [1.165, 1.54) is 25.7 Å². The van der Waals surface area contributed by atoms with Gasteiger partial charge in [-0.25, -0.2) is 0 Å². The highest BCUT2D eigenvalue weighted by molar-refractivity contribution is 5.79. The fourth-order valence-corrected chi connectivity index (χ4v) is 3.59. The van der Waals surface area contributed by atoms with Crippen LogP contribution in [0.1, 0.15) is 57.8 Å². The Kier molecular flexibility index (Phi) is 3.14. The summed E-state index contributed by atoms with van der Waals surface area (Å²) in [6.07, 6.45) is 15.4. The minimum Gasteiger partial charge on any atom is -0.300 e. The average molecular weight is 204 g/mol. The summed E-state index contributed by atoms with van der Waals surface area (Å²) in [5, 5.41) is 0. The van der Waals surface area contributed by atoms with Crippen LogP contribution in [-0.4, -0.2) is 5.78 Å². The van der Waals surface area contributed by atoms with Gasteiger partial charge < -0.3 is 0 Å². The van der Waals surface area contributed by atoms with Gasteiger partial charge in [-0.3, -0.25) is 4.79 Å². The van der Waals surface area contributed by atoms with Gasteiger partial charge in [-0.05, 0) is 37.0 Å². The molecule has 0 aromatic rings. The first-order chi connectivity index (χ1) is 7.27. The molecular formula is C14H20O. The largest absolute Gasteiger partial charge is 0.300 e. The fourth-order valence-electron chi connectivity index (χ4n) is 3.59. The van der Waals surface area contributed by atoms with Crippen molar-refractivity contribution in [3.8, 4) is 12.3 Å². The molecule has 82 valence electrons. The van der Waals surface area contributed by atoms with Gasteiger partial charge in [-0.1, -0.05) is 12.8 Å². The number of Topliss-reactive ketones (excluding diaryl/α,β-unsaturated/α-hetero) is 1. The topological polar surface area (TPSA) is 17.1 Å². The highest BCUT2D eigenvalue weighted by Gasteiger charge is 2.44. The van der Waals surface area contributed by atoms with E-state index < -0.39 is 0 Å². The molecule has 1 unspecified atom stereocenters. The lowest BCUT2D eigenvalue weighted by Crippen LogP contribution is -2.34. The maximum Gasteiger partial charge on any atom is 0.133 e. The quantitative estimate of drug-likeness (QED) is 0.630. The van der Waals surface area contributed by atoms with Crippen LogP contribution in [0.25, 0.3) is 0 Å². The Hall–Kier alpha value is -0.770. The van der Waals surface area contributed by atoms with E-state index in [1.807, 2.05) is 0 Å². The monoisotopic (exact) mass is 204 g/mol. The van der Waals surface area contributed by atoms with Crippen molar-refractivity contribution in [1.29, 1.82) is 0 Å². The molecular weight excluding hydrogens is 184 g/mol. The molecule has 0 aliphatic heterocycles. The molecule has 15 heavy (non-hydrogen) atoms. The zero-order valence-corrected chi connectivity index (χ0v) is 9.43. The van der Waals surface area contributed by atoms with Crippen LogP contribution in [0.5, 0.6) is 0 Å². The van der Waals surface area contributed by atoms with Crippen LogP contribution >= 0.6 is 0 Å². The summed E-state index contributed by atoms with van der Waals surface area (Å²) in [5.74, 6) is 3.79. The van der Waals surface area contributed by atoms with Crippen molar-refractivity contribution < 1.29 is 4.79 Å². The molecule has 2 aliphatic carbocycles. The van der Waals surface area contributed by atoms with E-state index in [0.717, 1.165) is 32.1 Å². The van der Waals surface area contributed by atoms with Gasteiger partial charge in [0.05, 0.1) is 0 Å². The first-order valence-corrected chi connectivity index (χ1v) is 6.22. The molecule has 0 radical (unpaired) electrons. The Morgan fingerprint density at radius 2 is 2.07 bits per heavy atom. The number of ketones is 1. The summed E-state index contributed by atoms with van der Waals surface area (Å²) in [6, 6.07) is 0. The molecule has 2 fully saturated rings. The molecule has 1 heteroatoms. The predicted molar refractivity (Wildman–Crippen MR) is 61.3 cm³/mol. The van der Waals surface area contributed by atoms with Crippen LogP contribution in [-0.2, 0) is 4.79 Å².